The van der Waals surface area contributed by atoms with Gasteiger partial charge in [-0.15, -0.1) is 0 Å². The first-order valence-corrected chi connectivity index (χ1v) is 18.9. The van der Waals surface area contributed by atoms with Crippen molar-refractivity contribution in [2.75, 3.05) is 4.23 Å². The fraction of sp³-hybridized carbons (Fsp3) is 0.857. The summed E-state index contributed by atoms with van der Waals surface area (Å²) in [6.45, 7) is 29.4. The van der Waals surface area contributed by atoms with Crippen LogP contribution in [0, 0.1) is 35.5 Å². The molecule has 0 atom stereocenters. The first-order valence-electron chi connectivity index (χ1n) is 13.8. The molecule has 1 aromatic rings. The molecule has 0 fully saturated rings. The molecule has 1 aromatic heterocycles. The highest BCUT2D eigenvalue weighted by atomic mass is 28.4. The minimum absolute atomic E-state index is 0.698. The lowest BCUT2D eigenvalue weighted by Crippen LogP contribution is -2.70. The van der Waals surface area contributed by atoms with Gasteiger partial charge in [-0.3, -0.25) is 0 Å². The average molecular weight is 492 g/mol. The van der Waals surface area contributed by atoms with Crippen LogP contribution < -0.4 is 4.23 Å². The van der Waals surface area contributed by atoms with Gasteiger partial charge in [-0.2, -0.15) is 0 Å². The van der Waals surface area contributed by atoms with Gasteiger partial charge in [0.05, 0.1) is 0 Å². The van der Waals surface area contributed by atoms with E-state index in [9.17, 15) is 0 Å². The zero-order chi connectivity index (χ0) is 25.4. The van der Waals surface area contributed by atoms with Crippen molar-refractivity contribution in [3.8, 4) is 0 Å². The predicted molar refractivity (Wildman–Crippen MR) is 154 cm³/mol. The lowest BCUT2D eigenvalue weighted by atomic mass is 10.2. The average Bonchev–Trinajstić information content (AvgIpc) is 2.58. The number of anilines is 1. The van der Waals surface area contributed by atoms with Crippen molar-refractivity contribution in [3.63, 3.8) is 0 Å². The molecular weight excluding hydrogens is 435 g/mol. The predicted octanol–water partition coefficient (Wildman–Crippen LogP) is 9.11. The molecule has 0 saturated carbocycles. The summed E-state index contributed by atoms with van der Waals surface area (Å²) in [5.41, 5.74) is 0. The Morgan fingerprint density at radius 3 is 0.970 bits per heavy atom. The minimum atomic E-state index is -1.92. The summed E-state index contributed by atoms with van der Waals surface area (Å²) in [5.74, 6) is 5.26. The molecule has 0 saturated heterocycles. The molecule has 0 amide bonds. The Kier molecular flexibility index (Phi) is 12.3. The van der Waals surface area contributed by atoms with Crippen LogP contribution in [0.15, 0.2) is 18.5 Å². The van der Waals surface area contributed by atoms with Crippen molar-refractivity contribution in [1.29, 1.82) is 0 Å². The third-order valence-electron chi connectivity index (χ3n) is 6.43. The van der Waals surface area contributed by atoms with E-state index in [1.165, 1.54) is 36.3 Å². The van der Waals surface area contributed by atoms with Crippen LogP contribution in [0.1, 0.15) is 83.1 Å². The Balaban J connectivity index is 4.04. The molecule has 3 nitrogen and oxygen atoms in total. The molecule has 0 unspecified atom stereocenters. The maximum absolute atomic E-state index is 5.04. The Morgan fingerprint density at radius 1 is 0.515 bits per heavy atom. The van der Waals surface area contributed by atoms with E-state index in [0.717, 1.165) is 5.95 Å². The van der Waals surface area contributed by atoms with Crippen LogP contribution in [0.5, 0.6) is 0 Å². The SMILES string of the molecule is CC(C)C[Si](CC(C)C)(CC(C)C)N(c1ncccn1)[Si](CC(C)C)(CC(C)C)CC(C)C. The van der Waals surface area contributed by atoms with Crippen molar-refractivity contribution in [2.24, 2.45) is 35.5 Å². The zero-order valence-electron chi connectivity index (χ0n) is 24.3. The van der Waals surface area contributed by atoms with Gasteiger partial charge in [-0.05, 0) is 77.8 Å². The molecule has 0 aromatic carbocycles. The first-order chi connectivity index (χ1) is 15.2. The molecule has 5 heteroatoms. The molecular formula is C28H57N3Si2. The van der Waals surface area contributed by atoms with E-state index in [2.05, 4.69) is 87.3 Å². The normalized spacial score (nSPS) is 13.4. The lowest BCUT2D eigenvalue weighted by molar-refractivity contribution is 0.621. The molecule has 0 aliphatic rings. The van der Waals surface area contributed by atoms with E-state index in [1.807, 2.05) is 18.5 Å². The summed E-state index contributed by atoms with van der Waals surface area (Å²) in [6, 6.07) is 10.1. The third-order valence-corrected chi connectivity index (χ3v) is 21.0. The summed E-state index contributed by atoms with van der Waals surface area (Å²) in [4.78, 5) is 10.1. The summed E-state index contributed by atoms with van der Waals surface area (Å²) in [5, 5.41) is 0. The number of rotatable bonds is 15. The molecule has 1 heterocycles. The van der Waals surface area contributed by atoms with Gasteiger partial charge in [0.15, 0.2) is 16.5 Å². The maximum Gasteiger partial charge on any atom is 0.208 e. The summed E-state index contributed by atoms with van der Waals surface area (Å²) in [7, 11) is -3.84. The van der Waals surface area contributed by atoms with E-state index >= 15 is 0 Å². The Labute approximate surface area is 209 Å². The van der Waals surface area contributed by atoms with E-state index in [1.54, 1.807) is 0 Å². The minimum Gasteiger partial charge on any atom is -0.393 e. The van der Waals surface area contributed by atoms with Crippen LogP contribution in [0.4, 0.5) is 5.95 Å². The molecule has 0 radical (unpaired) electrons. The largest absolute Gasteiger partial charge is 0.393 e. The van der Waals surface area contributed by atoms with Crippen molar-refractivity contribution in [3.05, 3.63) is 18.5 Å². The Morgan fingerprint density at radius 2 is 0.758 bits per heavy atom. The van der Waals surface area contributed by atoms with Crippen LogP contribution in [0.25, 0.3) is 0 Å². The van der Waals surface area contributed by atoms with Crippen LogP contribution in [0.3, 0.4) is 0 Å². The highest BCUT2D eigenvalue weighted by Gasteiger charge is 2.53. The van der Waals surface area contributed by atoms with Crippen molar-refractivity contribution in [2.45, 2.75) is 119 Å². The van der Waals surface area contributed by atoms with Gasteiger partial charge in [0.1, 0.15) is 0 Å². The van der Waals surface area contributed by atoms with Crippen LogP contribution in [-0.4, -0.2) is 26.4 Å². The molecule has 0 aliphatic carbocycles. The summed E-state index contributed by atoms with van der Waals surface area (Å²) in [6.07, 6.45) is 3.99. The fourth-order valence-electron chi connectivity index (χ4n) is 6.94. The second-order valence-corrected chi connectivity index (χ2v) is 22.1. The van der Waals surface area contributed by atoms with Crippen molar-refractivity contribution >= 4 is 22.4 Å². The van der Waals surface area contributed by atoms with E-state index < -0.39 is 16.5 Å². The van der Waals surface area contributed by atoms with Gasteiger partial charge in [0.2, 0.25) is 5.95 Å². The van der Waals surface area contributed by atoms with E-state index in [-0.39, 0.29) is 0 Å². The number of nitrogens with zero attached hydrogens (tertiary/aromatic N) is 3. The highest BCUT2D eigenvalue weighted by molar-refractivity contribution is 7.02. The summed E-state index contributed by atoms with van der Waals surface area (Å²) < 4.78 is 3.10. The molecule has 33 heavy (non-hydrogen) atoms. The third kappa shape index (κ3) is 9.47. The molecule has 0 N–H and O–H groups in total. The van der Waals surface area contributed by atoms with Gasteiger partial charge >= 0.3 is 0 Å². The van der Waals surface area contributed by atoms with Crippen molar-refractivity contribution < 1.29 is 0 Å². The fourth-order valence-corrected chi connectivity index (χ4v) is 24.9. The first kappa shape index (κ1) is 30.3. The van der Waals surface area contributed by atoms with Gasteiger partial charge < -0.3 is 4.23 Å². The highest BCUT2D eigenvalue weighted by Crippen LogP contribution is 2.46. The van der Waals surface area contributed by atoms with Crippen LogP contribution in [0.2, 0.25) is 36.3 Å². The van der Waals surface area contributed by atoms with Crippen LogP contribution >= 0.6 is 0 Å². The van der Waals surface area contributed by atoms with Crippen molar-refractivity contribution in [1.82, 2.24) is 9.97 Å². The lowest BCUT2D eigenvalue weighted by Gasteiger charge is -2.56. The number of hydrogen-bond acceptors (Lipinski definition) is 3. The molecule has 1 rings (SSSR count). The second kappa shape index (κ2) is 13.4. The monoisotopic (exact) mass is 491 g/mol. The molecule has 0 spiro atoms. The van der Waals surface area contributed by atoms with E-state index in [0.29, 0.717) is 35.5 Å². The maximum atomic E-state index is 5.04. The smallest absolute Gasteiger partial charge is 0.208 e. The Bertz CT molecular complexity index is 565. The van der Waals surface area contributed by atoms with Gasteiger partial charge in [0.25, 0.3) is 0 Å². The van der Waals surface area contributed by atoms with Gasteiger partial charge in [-0.1, -0.05) is 83.1 Å². The quantitative estimate of drug-likeness (QED) is 0.229. The number of aromatic nitrogens is 2. The summed E-state index contributed by atoms with van der Waals surface area (Å²) >= 11 is 0. The second-order valence-electron chi connectivity index (χ2n) is 13.4. The molecule has 0 aliphatic heterocycles. The van der Waals surface area contributed by atoms with E-state index in [4.69, 9.17) is 9.97 Å². The van der Waals surface area contributed by atoms with Crippen LogP contribution in [-0.2, 0) is 0 Å². The van der Waals surface area contributed by atoms with Gasteiger partial charge in [-0.25, -0.2) is 9.97 Å². The standard InChI is InChI=1S/C28H57N3Si2/c1-22(2)16-32(17-23(3)4,18-24(5)6)31(28-29-14-13-15-30-28)33(19-25(7)8,20-26(9)10)21-27(11)12/h13-15,22-27H,16-21H2,1-12H3. The number of hydrogen-bond donors (Lipinski definition) is 0. The van der Waals surface area contributed by atoms with Gasteiger partial charge in [0, 0.05) is 12.4 Å². The molecule has 192 valence electrons. The zero-order valence-corrected chi connectivity index (χ0v) is 26.3. The Hall–Kier alpha value is -0.686. The topological polar surface area (TPSA) is 29.0 Å². The molecule has 0 bridgehead atoms.